The Kier molecular flexibility index (Phi) is 4.22. The molecule has 27 heavy (non-hydrogen) atoms. The molecule has 3 aromatic rings. The minimum absolute atomic E-state index is 0.0456. The number of hydrogen-bond acceptors (Lipinski definition) is 2. The number of para-hydroxylation sites is 1. The standard InChI is InChI=1S/C20H16F3N3O/c1-11-9-18(12-5-6-12)26(25-11)17-8-7-13(10-16(17)23)20(27)24-19-14(21)3-2-4-15(19)22/h2-4,7-10,12H,5-6H2,1H3,(H,24,27). The molecular formula is C20H16F3N3O. The van der Waals surface area contributed by atoms with Crippen molar-refractivity contribution in [3.8, 4) is 5.69 Å². The lowest BCUT2D eigenvalue weighted by Gasteiger charge is -2.11. The zero-order chi connectivity index (χ0) is 19.1. The maximum Gasteiger partial charge on any atom is 0.255 e. The summed E-state index contributed by atoms with van der Waals surface area (Å²) in [5.74, 6) is -2.87. The number of benzene rings is 2. The van der Waals surface area contributed by atoms with E-state index in [1.165, 1.54) is 18.2 Å². The molecule has 1 aromatic heterocycles. The Hall–Kier alpha value is -3.09. The van der Waals surface area contributed by atoms with Crippen molar-refractivity contribution < 1.29 is 18.0 Å². The smallest absolute Gasteiger partial charge is 0.255 e. The minimum Gasteiger partial charge on any atom is -0.317 e. The molecule has 0 bridgehead atoms. The molecule has 0 atom stereocenters. The van der Waals surface area contributed by atoms with Crippen molar-refractivity contribution in [3.63, 3.8) is 0 Å². The Labute approximate surface area is 153 Å². The van der Waals surface area contributed by atoms with Crippen LogP contribution in [0.3, 0.4) is 0 Å². The number of aromatic nitrogens is 2. The van der Waals surface area contributed by atoms with Crippen LogP contribution < -0.4 is 5.32 Å². The van der Waals surface area contributed by atoms with E-state index in [1.807, 2.05) is 13.0 Å². The van der Waals surface area contributed by atoms with Gasteiger partial charge in [-0.25, -0.2) is 17.9 Å². The highest BCUT2D eigenvalue weighted by Gasteiger charge is 2.29. The molecule has 0 radical (unpaired) electrons. The van der Waals surface area contributed by atoms with Crippen LogP contribution in [0.2, 0.25) is 0 Å². The van der Waals surface area contributed by atoms with E-state index in [1.54, 1.807) is 4.68 Å². The second kappa shape index (κ2) is 6.57. The molecule has 0 spiro atoms. The van der Waals surface area contributed by atoms with Crippen molar-refractivity contribution >= 4 is 11.6 Å². The van der Waals surface area contributed by atoms with Gasteiger partial charge in [-0.3, -0.25) is 4.79 Å². The molecule has 1 fully saturated rings. The Morgan fingerprint density at radius 1 is 1.07 bits per heavy atom. The van der Waals surface area contributed by atoms with Crippen molar-refractivity contribution in [2.24, 2.45) is 0 Å². The monoisotopic (exact) mass is 371 g/mol. The van der Waals surface area contributed by atoms with Crippen LogP contribution in [0.1, 0.15) is 40.5 Å². The molecule has 1 N–H and O–H groups in total. The summed E-state index contributed by atoms with van der Waals surface area (Å²) >= 11 is 0. The molecule has 0 saturated heterocycles. The molecule has 1 aliphatic rings. The van der Waals surface area contributed by atoms with E-state index in [0.717, 1.165) is 42.4 Å². The van der Waals surface area contributed by atoms with Crippen LogP contribution in [-0.2, 0) is 0 Å². The van der Waals surface area contributed by atoms with Gasteiger partial charge in [0.15, 0.2) is 0 Å². The molecule has 1 heterocycles. The highest BCUT2D eigenvalue weighted by Crippen LogP contribution is 2.41. The first-order valence-corrected chi connectivity index (χ1v) is 8.56. The van der Waals surface area contributed by atoms with Crippen molar-refractivity contribution in [1.82, 2.24) is 9.78 Å². The van der Waals surface area contributed by atoms with Gasteiger partial charge in [-0.2, -0.15) is 5.10 Å². The van der Waals surface area contributed by atoms with Crippen LogP contribution in [-0.4, -0.2) is 15.7 Å². The number of nitrogens with one attached hydrogen (secondary N) is 1. The number of nitrogens with zero attached hydrogens (tertiary/aromatic N) is 2. The maximum absolute atomic E-state index is 14.7. The van der Waals surface area contributed by atoms with Gasteiger partial charge < -0.3 is 5.32 Å². The summed E-state index contributed by atoms with van der Waals surface area (Å²) in [7, 11) is 0. The zero-order valence-electron chi connectivity index (χ0n) is 14.5. The predicted octanol–water partition coefficient (Wildman–Crippen LogP) is 4.73. The lowest BCUT2D eigenvalue weighted by molar-refractivity contribution is 0.102. The molecule has 1 aliphatic carbocycles. The van der Waals surface area contributed by atoms with E-state index in [4.69, 9.17) is 0 Å². The first-order chi connectivity index (χ1) is 12.9. The Morgan fingerprint density at radius 3 is 2.41 bits per heavy atom. The maximum atomic E-state index is 14.7. The summed E-state index contributed by atoms with van der Waals surface area (Å²) in [6, 6.07) is 9.07. The lowest BCUT2D eigenvalue weighted by atomic mass is 10.1. The highest BCUT2D eigenvalue weighted by molar-refractivity contribution is 6.04. The topological polar surface area (TPSA) is 46.9 Å². The fourth-order valence-electron chi connectivity index (χ4n) is 3.01. The van der Waals surface area contributed by atoms with Gasteiger partial charge in [-0.05, 0) is 56.2 Å². The summed E-state index contributed by atoms with van der Waals surface area (Å²) in [5.41, 5.74) is 1.35. The van der Waals surface area contributed by atoms with Crippen LogP contribution in [0.25, 0.3) is 5.69 Å². The van der Waals surface area contributed by atoms with E-state index >= 15 is 0 Å². The van der Waals surface area contributed by atoms with Gasteiger partial charge in [-0.1, -0.05) is 6.07 Å². The van der Waals surface area contributed by atoms with Crippen molar-refractivity contribution in [2.75, 3.05) is 5.32 Å². The number of rotatable bonds is 4. The molecule has 2 aromatic carbocycles. The van der Waals surface area contributed by atoms with E-state index in [9.17, 15) is 18.0 Å². The van der Waals surface area contributed by atoms with Crippen LogP contribution >= 0.6 is 0 Å². The molecule has 4 nitrogen and oxygen atoms in total. The van der Waals surface area contributed by atoms with Crippen LogP contribution in [0, 0.1) is 24.4 Å². The molecule has 138 valence electrons. The highest BCUT2D eigenvalue weighted by atomic mass is 19.1. The number of halogens is 3. The first-order valence-electron chi connectivity index (χ1n) is 8.56. The molecule has 1 saturated carbocycles. The molecular weight excluding hydrogens is 355 g/mol. The lowest BCUT2D eigenvalue weighted by Crippen LogP contribution is -2.15. The third-order valence-electron chi connectivity index (χ3n) is 4.49. The summed E-state index contributed by atoms with van der Waals surface area (Å²) in [6.45, 7) is 1.84. The SMILES string of the molecule is Cc1cc(C2CC2)n(-c2ccc(C(=O)Nc3c(F)cccc3F)cc2F)n1. The second-order valence-electron chi connectivity index (χ2n) is 6.61. The van der Waals surface area contributed by atoms with Gasteiger partial charge >= 0.3 is 0 Å². The van der Waals surface area contributed by atoms with Gasteiger partial charge in [0.2, 0.25) is 0 Å². The average Bonchev–Trinajstić information content (AvgIpc) is 3.40. The summed E-state index contributed by atoms with van der Waals surface area (Å²) < 4.78 is 43.6. The van der Waals surface area contributed by atoms with Crippen molar-refractivity contribution in [3.05, 3.63) is 76.9 Å². The third-order valence-corrected chi connectivity index (χ3v) is 4.49. The van der Waals surface area contributed by atoms with E-state index in [2.05, 4.69) is 10.4 Å². The van der Waals surface area contributed by atoms with Crippen molar-refractivity contribution in [1.29, 1.82) is 0 Å². The number of carbonyl (C=O) groups is 1. The summed E-state index contributed by atoms with van der Waals surface area (Å²) in [6.07, 6.45) is 2.09. The van der Waals surface area contributed by atoms with Crippen molar-refractivity contribution in [2.45, 2.75) is 25.7 Å². The number of amides is 1. The first kappa shape index (κ1) is 17.3. The average molecular weight is 371 g/mol. The Bertz CT molecular complexity index is 1020. The molecule has 0 unspecified atom stereocenters. The van der Waals surface area contributed by atoms with Gasteiger partial charge in [0.1, 0.15) is 28.8 Å². The second-order valence-corrected chi connectivity index (χ2v) is 6.61. The van der Waals surface area contributed by atoms with Gasteiger partial charge in [-0.15, -0.1) is 0 Å². The zero-order valence-corrected chi connectivity index (χ0v) is 14.5. The van der Waals surface area contributed by atoms with Crippen LogP contribution in [0.15, 0.2) is 42.5 Å². The molecule has 4 rings (SSSR count). The van der Waals surface area contributed by atoms with Crippen LogP contribution in [0.4, 0.5) is 18.9 Å². The van der Waals surface area contributed by atoms with E-state index in [0.29, 0.717) is 5.92 Å². The Morgan fingerprint density at radius 2 is 1.78 bits per heavy atom. The molecule has 0 aliphatic heterocycles. The molecule has 1 amide bonds. The quantitative estimate of drug-likeness (QED) is 0.721. The predicted molar refractivity (Wildman–Crippen MR) is 94.5 cm³/mol. The van der Waals surface area contributed by atoms with E-state index < -0.39 is 29.0 Å². The fraction of sp³-hybridized carbons (Fsp3) is 0.200. The largest absolute Gasteiger partial charge is 0.317 e. The third kappa shape index (κ3) is 3.32. The number of aryl methyl sites for hydroxylation is 1. The summed E-state index contributed by atoms with van der Waals surface area (Å²) in [4.78, 5) is 12.3. The van der Waals surface area contributed by atoms with Gasteiger partial charge in [0.25, 0.3) is 5.91 Å². The minimum atomic E-state index is -0.901. The van der Waals surface area contributed by atoms with Gasteiger partial charge in [0, 0.05) is 17.2 Å². The summed E-state index contributed by atoms with van der Waals surface area (Å²) in [5, 5.41) is 6.49. The number of carbonyl (C=O) groups excluding carboxylic acids is 1. The fourth-order valence-corrected chi connectivity index (χ4v) is 3.01. The number of anilines is 1. The normalized spacial score (nSPS) is 13.6. The number of hydrogen-bond donors (Lipinski definition) is 1. The molecule has 7 heteroatoms. The Balaban J connectivity index is 1.63. The van der Waals surface area contributed by atoms with Gasteiger partial charge in [0.05, 0.1) is 5.69 Å². The van der Waals surface area contributed by atoms with E-state index in [-0.39, 0.29) is 11.3 Å². The van der Waals surface area contributed by atoms with Crippen LogP contribution in [0.5, 0.6) is 0 Å².